The molecule has 0 spiro atoms. The van der Waals surface area contributed by atoms with Gasteiger partial charge in [0.2, 0.25) is 0 Å². The van der Waals surface area contributed by atoms with Gasteiger partial charge in [0.15, 0.2) is 0 Å². The van der Waals surface area contributed by atoms with Crippen molar-refractivity contribution >= 4 is 23.2 Å². The lowest BCUT2D eigenvalue weighted by Gasteiger charge is -2.16. The first-order valence-corrected chi connectivity index (χ1v) is 7.93. The van der Waals surface area contributed by atoms with E-state index in [-0.39, 0.29) is 17.5 Å². The second-order valence-electron chi connectivity index (χ2n) is 5.48. The van der Waals surface area contributed by atoms with Gasteiger partial charge in [-0.25, -0.2) is 9.78 Å². The Balaban J connectivity index is 1.75. The second kappa shape index (κ2) is 5.88. The molecule has 0 bridgehead atoms. The Hall–Kier alpha value is -2.21. The molecule has 5 nitrogen and oxygen atoms in total. The summed E-state index contributed by atoms with van der Waals surface area (Å²) in [6.07, 6.45) is 4.02. The maximum absolute atomic E-state index is 12.4. The number of aryl methyl sites for hydroxylation is 1. The molecule has 0 aliphatic heterocycles. The van der Waals surface area contributed by atoms with E-state index in [1.54, 1.807) is 11.3 Å². The number of aromatic carboxylic acids is 1. The Morgan fingerprint density at radius 3 is 2.41 bits per heavy atom. The number of thiazole rings is 1. The van der Waals surface area contributed by atoms with E-state index < -0.39 is 5.97 Å². The van der Waals surface area contributed by atoms with Crippen LogP contribution in [-0.4, -0.2) is 22.0 Å². The minimum Gasteiger partial charge on any atom is -0.478 e. The molecule has 0 radical (unpaired) electrons. The average molecular weight is 316 g/mol. The fraction of sp³-hybridized carbons (Fsp3) is 0.312. The third-order valence-corrected chi connectivity index (χ3v) is 4.68. The third kappa shape index (κ3) is 3.17. The van der Waals surface area contributed by atoms with E-state index in [4.69, 9.17) is 5.11 Å². The first kappa shape index (κ1) is 14.7. The molecule has 1 aliphatic carbocycles. The number of carbonyl (C=O) groups is 2. The van der Waals surface area contributed by atoms with Crippen LogP contribution in [0.1, 0.15) is 49.5 Å². The van der Waals surface area contributed by atoms with Crippen LogP contribution in [0.4, 0.5) is 0 Å². The van der Waals surface area contributed by atoms with Gasteiger partial charge in [-0.2, -0.15) is 0 Å². The highest BCUT2D eigenvalue weighted by Crippen LogP contribution is 2.42. The zero-order valence-corrected chi connectivity index (χ0v) is 12.9. The van der Waals surface area contributed by atoms with Gasteiger partial charge in [-0.1, -0.05) is 0 Å². The van der Waals surface area contributed by atoms with E-state index in [0.29, 0.717) is 11.5 Å². The molecule has 2 aromatic rings. The lowest BCUT2D eigenvalue weighted by Crippen LogP contribution is -2.29. The van der Waals surface area contributed by atoms with Crippen LogP contribution in [0.25, 0.3) is 0 Å². The molecule has 1 heterocycles. The molecule has 0 unspecified atom stereocenters. The predicted octanol–water partition coefficient (Wildman–Crippen LogP) is 3.03. The third-order valence-electron chi connectivity index (χ3n) is 3.68. The Labute approximate surface area is 132 Å². The number of benzene rings is 1. The van der Waals surface area contributed by atoms with Crippen molar-refractivity contribution in [2.45, 2.75) is 25.8 Å². The topological polar surface area (TPSA) is 79.3 Å². The molecule has 114 valence electrons. The molecular formula is C16H16N2O3S. The molecule has 1 amide bonds. The van der Waals surface area contributed by atoms with Crippen molar-refractivity contribution in [2.24, 2.45) is 5.92 Å². The molecular weight excluding hydrogens is 300 g/mol. The number of amides is 1. The van der Waals surface area contributed by atoms with E-state index in [1.807, 2.05) is 13.1 Å². The number of hydrogen-bond donors (Lipinski definition) is 2. The highest BCUT2D eigenvalue weighted by atomic mass is 32.1. The lowest BCUT2D eigenvalue weighted by atomic mass is 10.1. The van der Waals surface area contributed by atoms with Crippen molar-refractivity contribution < 1.29 is 14.7 Å². The Morgan fingerprint density at radius 2 is 1.91 bits per heavy atom. The summed E-state index contributed by atoms with van der Waals surface area (Å²) in [4.78, 5) is 28.7. The van der Waals surface area contributed by atoms with Gasteiger partial charge in [0.05, 0.1) is 11.6 Å². The van der Waals surface area contributed by atoms with Gasteiger partial charge < -0.3 is 10.4 Å². The van der Waals surface area contributed by atoms with Crippen LogP contribution < -0.4 is 5.32 Å². The number of hydrogen-bond acceptors (Lipinski definition) is 4. The maximum Gasteiger partial charge on any atom is 0.335 e. The summed E-state index contributed by atoms with van der Waals surface area (Å²) < 4.78 is 0. The SMILES string of the molecule is Cc1cnc([C@H](NC(=O)c2ccc(C(=O)O)cc2)C2CC2)s1. The lowest BCUT2D eigenvalue weighted by molar-refractivity contribution is 0.0696. The Bertz CT molecular complexity index is 704. The van der Waals surface area contributed by atoms with Gasteiger partial charge in [-0.15, -0.1) is 11.3 Å². The van der Waals surface area contributed by atoms with Gasteiger partial charge in [0, 0.05) is 16.6 Å². The summed E-state index contributed by atoms with van der Waals surface area (Å²) in [5.74, 6) is -0.740. The van der Waals surface area contributed by atoms with E-state index >= 15 is 0 Å². The van der Waals surface area contributed by atoms with Crippen molar-refractivity contribution in [3.63, 3.8) is 0 Å². The summed E-state index contributed by atoms with van der Waals surface area (Å²) >= 11 is 1.60. The number of nitrogens with one attached hydrogen (secondary N) is 1. The highest BCUT2D eigenvalue weighted by Gasteiger charge is 2.35. The van der Waals surface area contributed by atoms with Gasteiger partial charge in [-0.3, -0.25) is 4.79 Å². The fourth-order valence-corrected chi connectivity index (χ4v) is 3.23. The first-order chi connectivity index (χ1) is 10.5. The molecule has 22 heavy (non-hydrogen) atoms. The van der Waals surface area contributed by atoms with Crippen molar-refractivity contribution in [3.8, 4) is 0 Å². The normalized spacial score (nSPS) is 15.3. The summed E-state index contributed by atoms with van der Waals surface area (Å²) in [6.45, 7) is 2.00. The highest BCUT2D eigenvalue weighted by molar-refractivity contribution is 7.11. The quantitative estimate of drug-likeness (QED) is 0.888. The minimum atomic E-state index is -0.999. The van der Waals surface area contributed by atoms with E-state index in [0.717, 1.165) is 22.7 Å². The number of carboxylic acid groups (broad SMARTS) is 1. The van der Waals surface area contributed by atoms with Gasteiger partial charge in [0.1, 0.15) is 5.01 Å². The van der Waals surface area contributed by atoms with E-state index in [9.17, 15) is 9.59 Å². The van der Waals surface area contributed by atoms with Crippen molar-refractivity contribution in [1.29, 1.82) is 0 Å². The zero-order valence-electron chi connectivity index (χ0n) is 12.1. The summed E-state index contributed by atoms with van der Waals surface area (Å²) in [6, 6.07) is 5.91. The molecule has 1 saturated carbocycles. The fourth-order valence-electron chi connectivity index (χ4n) is 2.32. The molecule has 1 aromatic carbocycles. The molecule has 1 atom stereocenters. The van der Waals surface area contributed by atoms with Crippen molar-refractivity contribution in [3.05, 3.63) is 51.5 Å². The van der Waals surface area contributed by atoms with Crippen molar-refractivity contribution in [2.75, 3.05) is 0 Å². The average Bonchev–Trinajstić information content (AvgIpc) is 3.26. The van der Waals surface area contributed by atoms with Gasteiger partial charge in [0.25, 0.3) is 5.91 Å². The summed E-state index contributed by atoms with van der Waals surface area (Å²) in [5.41, 5.74) is 0.634. The van der Waals surface area contributed by atoms with Crippen LogP contribution in [0.3, 0.4) is 0 Å². The van der Waals surface area contributed by atoms with Crippen LogP contribution in [-0.2, 0) is 0 Å². The van der Waals surface area contributed by atoms with Crippen LogP contribution in [0.2, 0.25) is 0 Å². The number of carbonyl (C=O) groups excluding carboxylic acids is 1. The molecule has 1 fully saturated rings. The summed E-state index contributed by atoms with van der Waals surface area (Å²) in [7, 11) is 0. The molecule has 1 aliphatic rings. The standard InChI is InChI=1S/C16H16N2O3S/c1-9-8-17-15(22-9)13(10-2-3-10)18-14(19)11-4-6-12(7-5-11)16(20)21/h4-8,10,13H,2-3H2,1H3,(H,18,19)(H,20,21)/t13-/m1/s1. The second-order valence-corrected chi connectivity index (χ2v) is 6.75. The number of rotatable bonds is 5. The van der Waals surface area contributed by atoms with Crippen LogP contribution in [0.15, 0.2) is 30.5 Å². The number of carboxylic acids is 1. The van der Waals surface area contributed by atoms with Crippen LogP contribution >= 0.6 is 11.3 Å². The van der Waals surface area contributed by atoms with Crippen molar-refractivity contribution in [1.82, 2.24) is 10.3 Å². The predicted molar refractivity (Wildman–Crippen MR) is 83.2 cm³/mol. The molecule has 1 aromatic heterocycles. The summed E-state index contributed by atoms with van der Waals surface area (Å²) in [5, 5.41) is 12.9. The molecule has 3 rings (SSSR count). The first-order valence-electron chi connectivity index (χ1n) is 7.11. The molecule has 2 N–H and O–H groups in total. The van der Waals surface area contributed by atoms with Gasteiger partial charge >= 0.3 is 5.97 Å². The number of aromatic nitrogens is 1. The van der Waals surface area contributed by atoms with Gasteiger partial charge in [-0.05, 0) is 49.9 Å². The van der Waals surface area contributed by atoms with E-state index in [2.05, 4.69) is 10.3 Å². The van der Waals surface area contributed by atoms with Crippen LogP contribution in [0, 0.1) is 12.8 Å². The largest absolute Gasteiger partial charge is 0.478 e. The molecule has 0 saturated heterocycles. The smallest absolute Gasteiger partial charge is 0.335 e. The maximum atomic E-state index is 12.4. The number of nitrogens with zero attached hydrogens (tertiary/aromatic N) is 1. The monoisotopic (exact) mass is 316 g/mol. The zero-order chi connectivity index (χ0) is 15.7. The Morgan fingerprint density at radius 1 is 1.27 bits per heavy atom. The van der Waals surface area contributed by atoms with Crippen LogP contribution in [0.5, 0.6) is 0 Å². The molecule has 6 heteroatoms. The Kier molecular flexibility index (Phi) is 3.94. The minimum absolute atomic E-state index is 0.0506. The van der Waals surface area contributed by atoms with E-state index in [1.165, 1.54) is 24.3 Å².